The third-order valence-corrected chi connectivity index (χ3v) is 2.33. The van der Waals surface area contributed by atoms with E-state index in [1.54, 1.807) is 6.20 Å². The van der Waals surface area contributed by atoms with Gasteiger partial charge < -0.3 is 10.1 Å². The lowest BCUT2D eigenvalue weighted by atomic mass is 10.2. The number of hydrogen-bond acceptors (Lipinski definition) is 3. The van der Waals surface area contributed by atoms with Gasteiger partial charge in [0.2, 0.25) is 0 Å². The topological polar surface area (TPSA) is 34.1 Å². The highest BCUT2D eigenvalue weighted by Gasteiger charge is 2.08. The Hall–Kier alpha value is -1.09. The number of nitrogens with zero attached hydrogens (tertiary/aromatic N) is 1. The normalized spacial score (nSPS) is 12.5. The monoisotopic (exact) mass is 208 g/mol. The zero-order valence-electron chi connectivity index (χ0n) is 9.79. The summed E-state index contributed by atoms with van der Waals surface area (Å²) in [6.07, 6.45) is 3.02. The molecule has 0 spiro atoms. The molecule has 3 nitrogen and oxygen atoms in total. The largest absolute Gasteiger partial charge is 0.487 e. The van der Waals surface area contributed by atoms with Gasteiger partial charge in [0.25, 0.3) is 0 Å². The van der Waals surface area contributed by atoms with Gasteiger partial charge in [0.1, 0.15) is 11.9 Å². The maximum atomic E-state index is 5.87. The molecule has 1 aromatic heterocycles. The van der Waals surface area contributed by atoms with Gasteiger partial charge in [0.05, 0.1) is 5.69 Å². The lowest BCUT2D eigenvalue weighted by Crippen LogP contribution is -2.30. The second-order valence-electron chi connectivity index (χ2n) is 3.54. The van der Waals surface area contributed by atoms with E-state index in [1.807, 2.05) is 19.1 Å². The van der Waals surface area contributed by atoms with Crippen molar-refractivity contribution >= 4 is 0 Å². The Morgan fingerprint density at radius 2 is 2.27 bits per heavy atom. The van der Waals surface area contributed by atoms with Crippen molar-refractivity contribution in [3.05, 3.63) is 24.0 Å². The van der Waals surface area contributed by atoms with Crippen LogP contribution in [-0.4, -0.2) is 24.2 Å². The molecule has 0 saturated heterocycles. The van der Waals surface area contributed by atoms with Gasteiger partial charge in [-0.2, -0.15) is 0 Å². The fraction of sp³-hybridized carbons (Fsp3) is 0.583. The lowest BCUT2D eigenvalue weighted by Gasteiger charge is -2.18. The van der Waals surface area contributed by atoms with Crippen LogP contribution in [0.2, 0.25) is 0 Å². The van der Waals surface area contributed by atoms with Gasteiger partial charge in [0.15, 0.2) is 0 Å². The van der Waals surface area contributed by atoms with E-state index in [0.29, 0.717) is 0 Å². The summed E-state index contributed by atoms with van der Waals surface area (Å²) < 4.78 is 5.87. The number of hydrogen-bond donors (Lipinski definition) is 1. The predicted octanol–water partition coefficient (Wildman–Crippen LogP) is 2.16. The molecule has 84 valence electrons. The second kappa shape index (κ2) is 6.40. The van der Waals surface area contributed by atoms with Crippen LogP contribution in [0.15, 0.2) is 18.3 Å². The van der Waals surface area contributed by atoms with Crippen LogP contribution in [0.4, 0.5) is 0 Å². The fourth-order valence-corrected chi connectivity index (χ4v) is 1.35. The van der Waals surface area contributed by atoms with Gasteiger partial charge in [-0.25, -0.2) is 0 Å². The van der Waals surface area contributed by atoms with Crippen molar-refractivity contribution in [2.45, 2.75) is 33.3 Å². The highest BCUT2D eigenvalue weighted by atomic mass is 16.5. The van der Waals surface area contributed by atoms with Crippen molar-refractivity contribution in [2.24, 2.45) is 0 Å². The molecule has 3 heteroatoms. The van der Waals surface area contributed by atoms with Gasteiger partial charge >= 0.3 is 0 Å². The molecule has 0 saturated carbocycles. The molecule has 1 heterocycles. The summed E-state index contributed by atoms with van der Waals surface area (Å²) in [7, 11) is 0. The molecule has 1 N–H and O–H groups in total. The quantitative estimate of drug-likeness (QED) is 0.778. The minimum Gasteiger partial charge on any atom is -0.487 e. The SMILES string of the molecule is CCNCC(CC)Oc1cccnc1C. The number of aromatic nitrogens is 1. The van der Waals surface area contributed by atoms with Crippen LogP contribution < -0.4 is 10.1 Å². The number of pyridine rings is 1. The molecule has 0 fully saturated rings. The first-order valence-corrected chi connectivity index (χ1v) is 5.56. The maximum Gasteiger partial charge on any atom is 0.140 e. The Balaban J connectivity index is 2.54. The van der Waals surface area contributed by atoms with Crippen molar-refractivity contribution in [1.29, 1.82) is 0 Å². The van der Waals surface area contributed by atoms with Crippen molar-refractivity contribution < 1.29 is 4.74 Å². The highest BCUT2D eigenvalue weighted by Crippen LogP contribution is 2.16. The van der Waals surface area contributed by atoms with Crippen LogP contribution in [-0.2, 0) is 0 Å². The third kappa shape index (κ3) is 3.88. The summed E-state index contributed by atoms with van der Waals surface area (Å²) in [6, 6.07) is 3.87. The van der Waals surface area contributed by atoms with Crippen LogP contribution in [0, 0.1) is 6.92 Å². The third-order valence-electron chi connectivity index (χ3n) is 2.33. The minimum atomic E-state index is 0.229. The Labute approximate surface area is 91.9 Å². The molecular formula is C12H20N2O. The van der Waals surface area contributed by atoms with Gasteiger partial charge in [-0.1, -0.05) is 13.8 Å². The Kier molecular flexibility index (Phi) is 5.12. The Bertz CT molecular complexity index is 289. The molecule has 0 aliphatic rings. The molecule has 1 unspecified atom stereocenters. The van der Waals surface area contributed by atoms with E-state index < -0.39 is 0 Å². The van der Waals surface area contributed by atoms with E-state index in [4.69, 9.17) is 4.74 Å². The smallest absolute Gasteiger partial charge is 0.140 e. The lowest BCUT2D eigenvalue weighted by molar-refractivity contribution is 0.192. The van der Waals surface area contributed by atoms with E-state index in [0.717, 1.165) is 31.0 Å². The maximum absolute atomic E-state index is 5.87. The summed E-state index contributed by atoms with van der Waals surface area (Å²) >= 11 is 0. The molecule has 0 aliphatic heterocycles. The number of nitrogens with one attached hydrogen (secondary N) is 1. The average molecular weight is 208 g/mol. The molecule has 1 atom stereocenters. The van der Waals surface area contributed by atoms with Crippen molar-refractivity contribution in [3.8, 4) is 5.75 Å². The number of rotatable bonds is 6. The predicted molar refractivity (Wildman–Crippen MR) is 62.2 cm³/mol. The molecule has 0 aromatic carbocycles. The van der Waals surface area contributed by atoms with E-state index >= 15 is 0 Å². The molecule has 0 aliphatic carbocycles. The van der Waals surface area contributed by atoms with Gasteiger partial charge in [-0.3, -0.25) is 4.98 Å². The number of likely N-dealkylation sites (N-methyl/N-ethyl adjacent to an activating group) is 1. The van der Waals surface area contributed by atoms with Crippen LogP contribution in [0.5, 0.6) is 5.75 Å². The number of ether oxygens (including phenoxy) is 1. The molecule has 1 aromatic rings. The van der Waals surface area contributed by atoms with Crippen LogP contribution >= 0.6 is 0 Å². The molecular weight excluding hydrogens is 188 g/mol. The Morgan fingerprint density at radius 3 is 2.87 bits per heavy atom. The zero-order valence-corrected chi connectivity index (χ0v) is 9.79. The van der Waals surface area contributed by atoms with Crippen molar-refractivity contribution in [2.75, 3.05) is 13.1 Å². The first kappa shape index (κ1) is 12.0. The van der Waals surface area contributed by atoms with E-state index in [9.17, 15) is 0 Å². The van der Waals surface area contributed by atoms with Crippen molar-refractivity contribution in [3.63, 3.8) is 0 Å². The summed E-state index contributed by atoms with van der Waals surface area (Å²) in [5.74, 6) is 0.891. The first-order chi connectivity index (χ1) is 7.27. The fourth-order valence-electron chi connectivity index (χ4n) is 1.35. The average Bonchev–Trinajstić information content (AvgIpc) is 2.26. The van der Waals surface area contributed by atoms with Crippen molar-refractivity contribution in [1.82, 2.24) is 10.3 Å². The molecule has 0 bridgehead atoms. The second-order valence-corrected chi connectivity index (χ2v) is 3.54. The Morgan fingerprint density at radius 1 is 1.47 bits per heavy atom. The van der Waals surface area contributed by atoms with Gasteiger partial charge in [-0.15, -0.1) is 0 Å². The number of aryl methyl sites for hydroxylation is 1. The standard InChI is InChI=1S/C12H20N2O/c1-4-11(9-13-5-2)15-12-7-6-8-14-10(12)3/h6-8,11,13H,4-5,9H2,1-3H3. The van der Waals surface area contributed by atoms with E-state index in [-0.39, 0.29) is 6.10 Å². The van der Waals surface area contributed by atoms with Crippen LogP contribution in [0.3, 0.4) is 0 Å². The highest BCUT2D eigenvalue weighted by molar-refractivity contribution is 5.25. The van der Waals surface area contributed by atoms with Gasteiger partial charge in [0, 0.05) is 12.7 Å². The zero-order chi connectivity index (χ0) is 11.1. The van der Waals surface area contributed by atoms with Gasteiger partial charge in [-0.05, 0) is 32.0 Å². The summed E-state index contributed by atoms with van der Waals surface area (Å²) in [5.41, 5.74) is 0.951. The summed E-state index contributed by atoms with van der Waals surface area (Å²) in [4.78, 5) is 4.20. The van der Waals surface area contributed by atoms with E-state index in [2.05, 4.69) is 24.1 Å². The first-order valence-electron chi connectivity index (χ1n) is 5.56. The summed E-state index contributed by atoms with van der Waals surface area (Å²) in [5, 5.41) is 3.29. The minimum absolute atomic E-state index is 0.229. The summed E-state index contributed by atoms with van der Waals surface area (Å²) in [6.45, 7) is 8.07. The van der Waals surface area contributed by atoms with Crippen LogP contribution in [0.25, 0.3) is 0 Å². The molecule has 1 rings (SSSR count). The van der Waals surface area contributed by atoms with E-state index in [1.165, 1.54) is 0 Å². The molecule has 0 radical (unpaired) electrons. The van der Waals surface area contributed by atoms with Crippen LogP contribution in [0.1, 0.15) is 26.0 Å². The molecule has 0 amide bonds. The molecule has 15 heavy (non-hydrogen) atoms.